The summed E-state index contributed by atoms with van der Waals surface area (Å²) in [6, 6.07) is 13.2. The van der Waals surface area contributed by atoms with Gasteiger partial charge in [0.05, 0.1) is 33.8 Å². The van der Waals surface area contributed by atoms with Gasteiger partial charge in [0.1, 0.15) is 0 Å². The molecular formula is C22H25ClN4O8S2. The number of nitrogens with zero attached hydrogens (tertiary/aromatic N) is 1. The van der Waals surface area contributed by atoms with Crippen LogP contribution in [0.5, 0.6) is 0 Å². The van der Waals surface area contributed by atoms with Crippen LogP contribution in [0.25, 0.3) is 0 Å². The van der Waals surface area contributed by atoms with Crippen molar-refractivity contribution in [3.63, 3.8) is 0 Å². The van der Waals surface area contributed by atoms with Crippen LogP contribution in [-0.2, 0) is 20.0 Å². The Balaban J connectivity index is 0.000000216. The minimum absolute atomic E-state index is 0.0174. The van der Waals surface area contributed by atoms with Crippen LogP contribution in [0.2, 0.25) is 0 Å². The average Bonchev–Trinajstić information content (AvgIpc) is 3.25. The highest BCUT2D eigenvalue weighted by Gasteiger charge is 2.34. The van der Waals surface area contributed by atoms with Crippen LogP contribution >= 0.6 is 11.6 Å². The lowest BCUT2D eigenvalue weighted by molar-refractivity contribution is 0.0653. The van der Waals surface area contributed by atoms with E-state index in [-0.39, 0.29) is 48.1 Å². The van der Waals surface area contributed by atoms with Gasteiger partial charge in [0.2, 0.25) is 20.0 Å². The molecule has 0 bridgehead atoms. The molecule has 0 atom stereocenters. The molecule has 0 saturated carbocycles. The van der Waals surface area contributed by atoms with E-state index in [0.717, 1.165) is 4.90 Å². The number of nitrogens with one attached hydrogen (secondary N) is 1. The lowest BCUT2D eigenvalue weighted by Crippen LogP contribution is -2.32. The number of rotatable bonds is 7. The zero-order valence-corrected chi connectivity index (χ0v) is 21.8. The summed E-state index contributed by atoms with van der Waals surface area (Å²) in [5, 5.41) is 11.7. The van der Waals surface area contributed by atoms with Crippen molar-refractivity contribution in [2.45, 2.75) is 12.8 Å². The van der Waals surface area contributed by atoms with Gasteiger partial charge < -0.3 is 0 Å². The minimum atomic E-state index is -3.57. The van der Waals surface area contributed by atoms with Crippen LogP contribution < -0.4 is 15.6 Å². The second kappa shape index (κ2) is 12.9. The molecule has 0 unspecified atom stereocenters. The molecule has 0 fully saturated rings. The maximum absolute atomic E-state index is 11.9. The standard InChI is InChI=1S/C11H12N2O4S.C8H5NO2.C3H8ClNO2S/c12-18(16,17)7-3-6-13-10(14)8-4-1-2-5-9(8)11(13)15;10-7-5-3-1-2-4-6(5)8(11)9-7;4-2-1-3-8(5,6)7/h1-2,4-5H,3,6-7H2,(H2,12,16,17);1-4H,(H,9,10,11);1-3H2,(H2,5,6,7). The number of alkyl halides is 1. The third kappa shape index (κ3) is 9.02. The van der Waals surface area contributed by atoms with E-state index in [1.807, 2.05) is 0 Å². The number of hydrogen-bond donors (Lipinski definition) is 3. The Kier molecular flexibility index (Phi) is 10.5. The van der Waals surface area contributed by atoms with E-state index in [4.69, 9.17) is 16.7 Å². The number of carbonyl (C=O) groups is 4. The lowest BCUT2D eigenvalue weighted by atomic mass is 10.1. The number of amides is 4. The number of carbonyl (C=O) groups excluding carboxylic acids is 4. The molecule has 5 N–H and O–H groups in total. The second-order valence-electron chi connectivity index (χ2n) is 7.77. The van der Waals surface area contributed by atoms with Crippen molar-refractivity contribution in [3.05, 3.63) is 70.8 Å². The zero-order chi connectivity index (χ0) is 27.8. The molecule has 2 aliphatic rings. The van der Waals surface area contributed by atoms with E-state index < -0.39 is 20.0 Å². The average molecular weight is 573 g/mol. The Morgan fingerprint density at radius 3 is 1.41 bits per heavy atom. The Hall–Kier alpha value is -3.17. The van der Waals surface area contributed by atoms with E-state index in [1.165, 1.54) is 0 Å². The summed E-state index contributed by atoms with van der Waals surface area (Å²) in [7, 11) is -6.84. The van der Waals surface area contributed by atoms with Gasteiger partial charge in [-0.2, -0.15) is 0 Å². The van der Waals surface area contributed by atoms with Crippen molar-refractivity contribution in [2.75, 3.05) is 23.9 Å². The van der Waals surface area contributed by atoms with Crippen LogP contribution in [-0.4, -0.2) is 69.3 Å². The topological polar surface area (TPSA) is 204 Å². The monoisotopic (exact) mass is 572 g/mol. The van der Waals surface area contributed by atoms with Crippen LogP contribution in [0.15, 0.2) is 48.5 Å². The van der Waals surface area contributed by atoms with Crippen LogP contribution in [0.3, 0.4) is 0 Å². The highest BCUT2D eigenvalue weighted by molar-refractivity contribution is 7.89. The van der Waals surface area contributed by atoms with E-state index in [0.29, 0.717) is 34.6 Å². The zero-order valence-electron chi connectivity index (χ0n) is 19.4. The number of sulfonamides is 2. The fourth-order valence-corrected chi connectivity index (χ4v) is 4.61. The summed E-state index contributed by atoms with van der Waals surface area (Å²) in [6.45, 7) is 0.0583. The first kappa shape index (κ1) is 30.1. The van der Waals surface area contributed by atoms with Crippen LogP contribution in [0.1, 0.15) is 54.3 Å². The number of hydrogen-bond acceptors (Lipinski definition) is 8. The Morgan fingerprint density at radius 2 is 1.05 bits per heavy atom. The molecule has 12 nitrogen and oxygen atoms in total. The molecule has 2 aromatic carbocycles. The molecule has 0 aliphatic carbocycles. The number of fused-ring (bicyclic) bond motifs is 2. The summed E-state index contributed by atoms with van der Waals surface area (Å²) in [5.74, 6) is -1.29. The van der Waals surface area contributed by atoms with Gasteiger partial charge in [0, 0.05) is 12.4 Å². The lowest BCUT2D eigenvalue weighted by Gasteiger charge is -2.12. The third-order valence-electron chi connectivity index (χ3n) is 4.89. The second-order valence-corrected chi connectivity index (χ2v) is 11.6. The van der Waals surface area contributed by atoms with E-state index in [1.54, 1.807) is 48.5 Å². The SMILES string of the molecule is NS(=O)(=O)CCCCl.NS(=O)(=O)CCCN1C(=O)c2ccccc2C1=O.O=C1NC(=O)c2ccccc21. The van der Waals surface area contributed by atoms with E-state index in [2.05, 4.69) is 10.5 Å². The fourth-order valence-electron chi connectivity index (χ4n) is 3.24. The maximum atomic E-state index is 11.9. The molecule has 0 aromatic heterocycles. The highest BCUT2D eigenvalue weighted by Crippen LogP contribution is 2.22. The van der Waals surface area contributed by atoms with Crippen molar-refractivity contribution in [1.82, 2.24) is 10.2 Å². The maximum Gasteiger partial charge on any atom is 0.261 e. The normalized spacial score (nSPS) is 14.2. The number of halogens is 1. The number of benzene rings is 2. The number of primary sulfonamides is 2. The molecule has 4 rings (SSSR count). The highest BCUT2D eigenvalue weighted by atomic mass is 35.5. The van der Waals surface area contributed by atoms with Gasteiger partial charge in [-0.3, -0.25) is 29.4 Å². The summed E-state index contributed by atoms with van der Waals surface area (Å²) in [4.78, 5) is 46.7. The first-order chi connectivity index (χ1) is 17.2. The predicted octanol–water partition coefficient (Wildman–Crippen LogP) is 0.435. The van der Waals surface area contributed by atoms with Gasteiger partial charge in [0.15, 0.2) is 0 Å². The van der Waals surface area contributed by atoms with Crippen molar-refractivity contribution in [1.29, 1.82) is 0 Å². The van der Waals surface area contributed by atoms with Crippen molar-refractivity contribution < 1.29 is 36.0 Å². The Bertz CT molecular complexity index is 1340. The molecule has 2 aromatic rings. The van der Waals surface area contributed by atoms with Crippen molar-refractivity contribution in [2.24, 2.45) is 10.3 Å². The molecule has 2 aliphatic heterocycles. The molecule has 15 heteroatoms. The quantitative estimate of drug-likeness (QED) is 0.312. The molecule has 0 saturated heterocycles. The van der Waals surface area contributed by atoms with Gasteiger partial charge in [-0.25, -0.2) is 27.1 Å². The van der Waals surface area contributed by atoms with Gasteiger partial charge in [-0.1, -0.05) is 24.3 Å². The molecule has 200 valence electrons. The summed E-state index contributed by atoms with van der Waals surface area (Å²) in [6.07, 6.45) is 0.574. The van der Waals surface area contributed by atoms with Crippen LogP contribution in [0.4, 0.5) is 0 Å². The number of nitrogens with two attached hydrogens (primary N) is 2. The van der Waals surface area contributed by atoms with Gasteiger partial charge in [-0.05, 0) is 37.1 Å². The van der Waals surface area contributed by atoms with Crippen molar-refractivity contribution >= 4 is 55.3 Å². The van der Waals surface area contributed by atoms with Crippen LogP contribution in [0, 0.1) is 0 Å². The predicted molar refractivity (Wildman–Crippen MR) is 136 cm³/mol. The van der Waals surface area contributed by atoms with Gasteiger partial charge in [-0.15, -0.1) is 11.6 Å². The molecule has 37 heavy (non-hydrogen) atoms. The molecule has 0 spiro atoms. The Morgan fingerprint density at radius 1 is 0.676 bits per heavy atom. The Labute approximate surface area is 219 Å². The van der Waals surface area contributed by atoms with Crippen molar-refractivity contribution in [3.8, 4) is 0 Å². The summed E-state index contributed by atoms with van der Waals surface area (Å²) in [5.41, 5.74) is 1.66. The van der Waals surface area contributed by atoms with E-state index >= 15 is 0 Å². The fraction of sp³-hybridized carbons (Fsp3) is 0.273. The van der Waals surface area contributed by atoms with E-state index in [9.17, 15) is 36.0 Å². The summed E-state index contributed by atoms with van der Waals surface area (Å²) >= 11 is 5.19. The third-order valence-corrected chi connectivity index (χ3v) is 6.88. The molecule has 0 radical (unpaired) electrons. The first-order valence-corrected chi connectivity index (χ1v) is 14.7. The first-order valence-electron chi connectivity index (χ1n) is 10.7. The summed E-state index contributed by atoms with van der Waals surface area (Å²) < 4.78 is 41.8. The smallest absolute Gasteiger partial charge is 0.261 e. The molecule has 2 heterocycles. The van der Waals surface area contributed by atoms with Gasteiger partial charge >= 0.3 is 0 Å². The molecule has 4 amide bonds. The van der Waals surface area contributed by atoms with Gasteiger partial charge in [0.25, 0.3) is 23.6 Å². The largest absolute Gasteiger partial charge is 0.288 e. The minimum Gasteiger partial charge on any atom is -0.288 e. The molecular weight excluding hydrogens is 548 g/mol. The number of imide groups is 2.